The summed E-state index contributed by atoms with van der Waals surface area (Å²) in [6, 6.07) is 12.2. The number of ether oxygens (including phenoxy) is 3. The van der Waals surface area contributed by atoms with E-state index in [4.69, 9.17) is 14.2 Å². The maximum absolute atomic E-state index is 13.5. The molecule has 2 aromatic carbocycles. The number of aryl methyl sites for hydroxylation is 1. The van der Waals surface area contributed by atoms with Crippen molar-refractivity contribution in [2.24, 2.45) is 0 Å². The fourth-order valence-corrected chi connectivity index (χ4v) is 5.39. The second kappa shape index (κ2) is 15.0. The van der Waals surface area contributed by atoms with E-state index in [0.717, 1.165) is 62.2 Å². The van der Waals surface area contributed by atoms with Crippen LogP contribution in [0.1, 0.15) is 68.7 Å². The zero-order valence-electron chi connectivity index (χ0n) is 24.7. The first-order chi connectivity index (χ1) is 19.9. The van der Waals surface area contributed by atoms with Crippen LogP contribution in [0.2, 0.25) is 0 Å². The summed E-state index contributed by atoms with van der Waals surface area (Å²) in [6.07, 6.45) is 4.83. The zero-order valence-corrected chi connectivity index (χ0v) is 24.7. The number of nitrogens with zero attached hydrogens (tertiary/aromatic N) is 2. The van der Waals surface area contributed by atoms with Gasteiger partial charge in [0.15, 0.2) is 0 Å². The van der Waals surface area contributed by atoms with E-state index in [2.05, 4.69) is 11.8 Å². The second-order valence-electron chi connectivity index (χ2n) is 10.7. The Kier molecular flexibility index (Phi) is 11.2. The van der Waals surface area contributed by atoms with Crippen molar-refractivity contribution >= 4 is 17.4 Å². The molecule has 0 radical (unpaired) electrons. The highest BCUT2D eigenvalue weighted by atomic mass is 16.5. The van der Waals surface area contributed by atoms with Crippen LogP contribution < -0.4 is 9.47 Å². The third-order valence-electron chi connectivity index (χ3n) is 7.66. The average molecular weight is 565 g/mol. The van der Waals surface area contributed by atoms with Crippen LogP contribution in [0, 0.1) is 6.92 Å². The van der Waals surface area contributed by atoms with Crippen LogP contribution >= 0.6 is 0 Å². The predicted molar refractivity (Wildman–Crippen MR) is 159 cm³/mol. The summed E-state index contributed by atoms with van der Waals surface area (Å²) in [7, 11) is 0. The molecule has 2 saturated heterocycles. The van der Waals surface area contributed by atoms with Crippen LogP contribution in [0.25, 0.3) is 5.76 Å². The molecule has 2 heterocycles. The Morgan fingerprint density at radius 1 is 0.902 bits per heavy atom. The van der Waals surface area contributed by atoms with Crippen LogP contribution in [0.15, 0.2) is 48.0 Å². The number of carbonyl (C=O) groups is 2. The lowest BCUT2D eigenvalue weighted by Crippen LogP contribution is -2.38. The fraction of sp³-hybridized carbons (Fsp3) is 0.515. The smallest absolute Gasteiger partial charge is 0.295 e. The van der Waals surface area contributed by atoms with Gasteiger partial charge in [0.05, 0.1) is 38.0 Å². The van der Waals surface area contributed by atoms with Gasteiger partial charge in [-0.25, -0.2) is 0 Å². The molecule has 2 fully saturated rings. The highest BCUT2D eigenvalue weighted by Gasteiger charge is 2.46. The predicted octanol–water partition coefficient (Wildman–Crippen LogP) is 5.50. The maximum Gasteiger partial charge on any atom is 0.295 e. The third kappa shape index (κ3) is 7.68. The average Bonchev–Trinajstić information content (AvgIpc) is 3.24. The number of likely N-dealkylation sites (tertiary alicyclic amines) is 1. The van der Waals surface area contributed by atoms with E-state index in [1.165, 1.54) is 0 Å². The van der Waals surface area contributed by atoms with Gasteiger partial charge in [-0.1, -0.05) is 38.8 Å². The van der Waals surface area contributed by atoms with Gasteiger partial charge < -0.3 is 24.2 Å². The van der Waals surface area contributed by atoms with Crippen molar-refractivity contribution in [3.63, 3.8) is 0 Å². The summed E-state index contributed by atoms with van der Waals surface area (Å²) >= 11 is 0. The number of rotatable bonds is 14. The number of carbonyl (C=O) groups excluding carboxylic acids is 2. The molecule has 2 aliphatic heterocycles. The Morgan fingerprint density at radius 2 is 1.61 bits per heavy atom. The Bertz CT molecular complexity index is 1200. The molecule has 2 aliphatic rings. The van der Waals surface area contributed by atoms with Gasteiger partial charge in [0.1, 0.15) is 17.3 Å². The molecule has 0 aliphatic carbocycles. The van der Waals surface area contributed by atoms with Gasteiger partial charge in [-0.2, -0.15) is 0 Å². The summed E-state index contributed by atoms with van der Waals surface area (Å²) in [5.74, 6) is 0.0371. The molecule has 1 unspecified atom stereocenters. The molecule has 0 bridgehead atoms. The molecule has 222 valence electrons. The number of hydrogen-bond acceptors (Lipinski definition) is 7. The van der Waals surface area contributed by atoms with E-state index in [1.807, 2.05) is 44.2 Å². The van der Waals surface area contributed by atoms with Crippen molar-refractivity contribution in [2.75, 3.05) is 52.6 Å². The van der Waals surface area contributed by atoms with E-state index in [0.29, 0.717) is 50.7 Å². The van der Waals surface area contributed by atoms with Crippen molar-refractivity contribution in [1.29, 1.82) is 0 Å². The van der Waals surface area contributed by atoms with Crippen molar-refractivity contribution < 1.29 is 28.9 Å². The van der Waals surface area contributed by atoms with Gasteiger partial charge in [0.25, 0.3) is 11.7 Å². The van der Waals surface area contributed by atoms with Crippen LogP contribution in [-0.2, 0) is 14.3 Å². The SMILES string of the molecule is CCCCCOc1ccc(C2/C(=C(\O)c3ccc(OCCC)cc3C)C(=O)C(=O)N2CCCN2CCOCC2)cc1. The van der Waals surface area contributed by atoms with Gasteiger partial charge in [-0.3, -0.25) is 14.5 Å². The minimum atomic E-state index is -0.691. The lowest BCUT2D eigenvalue weighted by Gasteiger charge is -2.29. The summed E-state index contributed by atoms with van der Waals surface area (Å²) in [6.45, 7) is 11.6. The fourth-order valence-electron chi connectivity index (χ4n) is 5.39. The van der Waals surface area contributed by atoms with Gasteiger partial charge in [-0.15, -0.1) is 0 Å². The first-order valence-electron chi connectivity index (χ1n) is 15.0. The van der Waals surface area contributed by atoms with Gasteiger partial charge in [0, 0.05) is 31.7 Å². The number of morpholine rings is 1. The largest absolute Gasteiger partial charge is 0.507 e. The summed E-state index contributed by atoms with van der Waals surface area (Å²) in [4.78, 5) is 30.8. The van der Waals surface area contributed by atoms with Crippen LogP contribution in [-0.4, -0.2) is 79.2 Å². The topological polar surface area (TPSA) is 88.5 Å². The molecule has 41 heavy (non-hydrogen) atoms. The van der Waals surface area contributed by atoms with Crippen LogP contribution in [0.3, 0.4) is 0 Å². The lowest BCUT2D eigenvalue weighted by atomic mass is 9.93. The number of benzene rings is 2. The molecule has 8 nitrogen and oxygen atoms in total. The van der Waals surface area contributed by atoms with Gasteiger partial charge in [-0.05, 0) is 67.6 Å². The molecule has 4 rings (SSSR count). The summed E-state index contributed by atoms with van der Waals surface area (Å²) < 4.78 is 17.1. The zero-order chi connectivity index (χ0) is 29.2. The molecule has 2 aromatic rings. The number of unbranched alkanes of at least 4 members (excludes halogenated alkanes) is 2. The monoisotopic (exact) mass is 564 g/mol. The first kappa shape index (κ1) is 30.6. The number of amides is 1. The number of ketones is 1. The standard InChI is InChI=1S/C33H44N2O6/c1-4-6-7-20-41-26-11-9-25(10-12-26)30-29(31(36)28-14-13-27(23-24(28)3)40-19-5-2)32(37)33(38)35(30)16-8-15-34-17-21-39-22-18-34/h9-14,23,30,36H,4-8,15-22H2,1-3H3/b31-29+. The van der Waals surface area contributed by atoms with E-state index in [9.17, 15) is 14.7 Å². The van der Waals surface area contributed by atoms with E-state index < -0.39 is 17.7 Å². The molecular formula is C33H44N2O6. The Balaban J connectivity index is 1.63. The lowest BCUT2D eigenvalue weighted by molar-refractivity contribution is -0.140. The minimum absolute atomic E-state index is 0.114. The molecule has 1 N–H and O–H groups in total. The maximum atomic E-state index is 13.5. The Hall–Kier alpha value is -3.36. The molecule has 1 atom stereocenters. The Morgan fingerprint density at radius 3 is 2.29 bits per heavy atom. The van der Waals surface area contributed by atoms with Crippen molar-refractivity contribution in [2.45, 2.75) is 58.9 Å². The van der Waals surface area contributed by atoms with E-state index in [1.54, 1.807) is 17.0 Å². The molecule has 0 spiro atoms. The minimum Gasteiger partial charge on any atom is -0.507 e. The van der Waals surface area contributed by atoms with Crippen molar-refractivity contribution in [1.82, 2.24) is 9.80 Å². The van der Waals surface area contributed by atoms with Crippen molar-refractivity contribution in [3.05, 3.63) is 64.7 Å². The molecule has 8 heteroatoms. The summed E-state index contributed by atoms with van der Waals surface area (Å²) in [5.41, 5.74) is 2.16. The van der Waals surface area contributed by atoms with E-state index in [-0.39, 0.29) is 11.3 Å². The van der Waals surface area contributed by atoms with Gasteiger partial charge >= 0.3 is 0 Å². The number of hydrogen-bond donors (Lipinski definition) is 1. The van der Waals surface area contributed by atoms with Crippen LogP contribution in [0.5, 0.6) is 11.5 Å². The first-order valence-corrected chi connectivity index (χ1v) is 15.0. The Labute approximate surface area is 243 Å². The quantitative estimate of drug-likeness (QED) is 0.140. The highest BCUT2D eigenvalue weighted by molar-refractivity contribution is 6.46. The van der Waals surface area contributed by atoms with Crippen molar-refractivity contribution in [3.8, 4) is 11.5 Å². The molecule has 0 saturated carbocycles. The number of Topliss-reactive ketones (excluding diaryl/α,β-unsaturated/α-hetero) is 1. The second-order valence-corrected chi connectivity index (χ2v) is 10.7. The van der Waals surface area contributed by atoms with Crippen LogP contribution in [0.4, 0.5) is 0 Å². The van der Waals surface area contributed by atoms with E-state index >= 15 is 0 Å². The molecule has 1 amide bonds. The number of aliphatic hydroxyl groups excluding tert-OH is 1. The highest BCUT2D eigenvalue weighted by Crippen LogP contribution is 2.40. The third-order valence-corrected chi connectivity index (χ3v) is 7.66. The molecule has 0 aromatic heterocycles. The summed E-state index contributed by atoms with van der Waals surface area (Å²) in [5, 5.41) is 11.5. The normalized spacial score (nSPS) is 19.1. The molecular weight excluding hydrogens is 520 g/mol. The number of aliphatic hydroxyl groups is 1. The van der Waals surface area contributed by atoms with Gasteiger partial charge in [0.2, 0.25) is 0 Å².